The van der Waals surface area contributed by atoms with Gasteiger partial charge in [0.25, 0.3) is 0 Å². The summed E-state index contributed by atoms with van der Waals surface area (Å²) in [5, 5.41) is 1.17. The number of methoxy groups -OCH3 is 1. The Labute approximate surface area is 134 Å². The summed E-state index contributed by atoms with van der Waals surface area (Å²) in [6.45, 7) is 1.50. The van der Waals surface area contributed by atoms with Gasteiger partial charge in [0.2, 0.25) is 5.43 Å². The molecule has 0 amide bonds. The maximum Gasteiger partial charge on any atom is 0.223 e. The van der Waals surface area contributed by atoms with E-state index < -0.39 is 0 Å². The van der Waals surface area contributed by atoms with E-state index in [1.54, 1.807) is 12.3 Å². The fourth-order valence-electron chi connectivity index (χ4n) is 2.80. The van der Waals surface area contributed by atoms with Gasteiger partial charge in [-0.1, -0.05) is 0 Å². The van der Waals surface area contributed by atoms with E-state index in [1.165, 1.54) is 42.0 Å². The molecule has 118 valence electrons. The summed E-state index contributed by atoms with van der Waals surface area (Å²) in [4.78, 5) is 23.3. The fraction of sp³-hybridized carbons (Fsp3) is 0.500. The third-order valence-electron chi connectivity index (χ3n) is 3.89. The molecule has 0 aromatic carbocycles. The summed E-state index contributed by atoms with van der Waals surface area (Å²) >= 11 is 1.84. The van der Waals surface area contributed by atoms with Crippen molar-refractivity contribution in [1.29, 1.82) is 0 Å². The Morgan fingerprint density at radius 3 is 2.91 bits per heavy atom. The van der Waals surface area contributed by atoms with Crippen LogP contribution in [0.25, 0.3) is 0 Å². The minimum atomic E-state index is -0.0886. The number of aromatic amines is 1. The van der Waals surface area contributed by atoms with Crippen molar-refractivity contribution in [3.8, 4) is 5.75 Å². The Hall–Kier alpha value is -1.66. The topological polar surface area (TPSA) is 58.2 Å². The summed E-state index contributed by atoms with van der Waals surface area (Å²) < 4.78 is 4.98. The first-order valence-corrected chi connectivity index (χ1v) is 8.39. The third-order valence-corrected chi connectivity index (χ3v) is 5.03. The second kappa shape index (κ2) is 6.62. The Kier molecular flexibility index (Phi) is 4.59. The Balaban J connectivity index is 1.64. The van der Waals surface area contributed by atoms with Crippen molar-refractivity contribution in [3.63, 3.8) is 0 Å². The van der Waals surface area contributed by atoms with E-state index >= 15 is 0 Å². The molecule has 0 bridgehead atoms. The number of pyridine rings is 1. The molecular weight excluding hydrogens is 298 g/mol. The van der Waals surface area contributed by atoms with Crippen molar-refractivity contribution in [3.05, 3.63) is 43.8 Å². The standard InChI is InChI=1S/C16H21N3O2S/c1-19(9-11-7-13(20)14(21-2)8-17-11)10-16-18-12-5-3-4-6-15(12)22-16/h7-8H,3-6,9-10H2,1-2H3,(H,17,20). The lowest BCUT2D eigenvalue weighted by Crippen LogP contribution is -2.19. The van der Waals surface area contributed by atoms with Crippen molar-refractivity contribution in [1.82, 2.24) is 14.9 Å². The number of thiazole rings is 1. The highest BCUT2D eigenvalue weighted by atomic mass is 32.1. The fourth-order valence-corrected chi connectivity index (χ4v) is 4.04. The molecule has 3 rings (SSSR count). The molecule has 2 aromatic rings. The predicted molar refractivity (Wildman–Crippen MR) is 87.5 cm³/mol. The molecule has 0 saturated carbocycles. The van der Waals surface area contributed by atoms with Crippen molar-refractivity contribution in [2.45, 2.75) is 38.8 Å². The maximum atomic E-state index is 11.8. The predicted octanol–water partition coefficient (Wildman–Crippen LogP) is 2.35. The molecule has 2 heterocycles. The zero-order chi connectivity index (χ0) is 15.5. The van der Waals surface area contributed by atoms with Crippen molar-refractivity contribution in [2.24, 2.45) is 0 Å². The second-order valence-corrected chi connectivity index (χ2v) is 6.92. The lowest BCUT2D eigenvalue weighted by molar-refractivity contribution is 0.313. The van der Waals surface area contributed by atoms with Gasteiger partial charge >= 0.3 is 0 Å². The van der Waals surface area contributed by atoms with Crippen LogP contribution in [0.15, 0.2) is 17.1 Å². The van der Waals surface area contributed by atoms with Gasteiger partial charge < -0.3 is 9.72 Å². The summed E-state index contributed by atoms with van der Waals surface area (Å²) in [5.41, 5.74) is 2.10. The summed E-state index contributed by atoms with van der Waals surface area (Å²) in [6.07, 6.45) is 6.48. The molecular formula is C16H21N3O2S. The first kappa shape index (κ1) is 15.2. The normalized spacial score (nSPS) is 14.1. The van der Waals surface area contributed by atoms with E-state index in [2.05, 4.69) is 9.88 Å². The zero-order valence-corrected chi connectivity index (χ0v) is 13.8. The number of hydrogen-bond acceptors (Lipinski definition) is 5. The van der Waals surface area contributed by atoms with Crippen LogP contribution >= 0.6 is 11.3 Å². The highest BCUT2D eigenvalue weighted by Gasteiger charge is 2.16. The Bertz CT molecular complexity index is 684. The minimum Gasteiger partial charge on any atom is -0.491 e. The molecule has 0 fully saturated rings. The number of fused-ring (bicyclic) bond motifs is 1. The van der Waals surface area contributed by atoms with E-state index in [0.717, 1.165) is 18.7 Å². The number of aryl methyl sites for hydroxylation is 2. The molecule has 1 N–H and O–H groups in total. The van der Waals surface area contributed by atoms with Gasteiger partial charge in [-0.15, -0.1) is 11.3 Å². The number of aromatic nitrogens is 2. The van der Waals surface area contributed by atoms with Crippen molar-refractivity contribution in [2.75, 3.05) is 14.2 Å². The number of H-pyrrole nitrogens is 1. The van der Waals surface area contributed by atoms with Crippen LogP contribution in [0.5, 0.6) is 5.75 Å². The molecule has 5 nitrogen and oxygen atoms in total. The first-order valence-electron chi connectivity index (χ1n) is 7.57. The average Bonchev–Trinajstić information content (AvgIpc) is 2.89. The zero-order valence-electron chi connectivity index (χ0n) is 13.0. The van der Waals surface area contributed by atoms with Gasteiger partial charge in [-0.3, -0.25) is 9.69 Å². The van der Waals surface area contributed by atoms with Gasteiger partial charge in [0.05, 0.1) is 19.3 Å². The summed E-state index contributed by atoms with van der Waals surface area (Å²) in [5.74, 6) is 0.346. The highest BCUT2D eigenvalue weighted by molar-refractivity contribution is 7.11. The van der Waals surface area contributed by atoms with Crippen LogP contribution in [0.1, 0.15) is 34.1 Å². The highest BCUT2D eigenvalue weighted by Crippen LogP contribution is 2.27. The van der Waals surface area contributed by atoms with Crippen LogP contribution in [0.2, 0.25) is 0 Å². The number of nitrogens with zero attached hydrogens (tertiary/aromatic N) is 2. The van der Waals surface area contributed by atoms with Crippen LogP contribution < -0.4 is 10.2 Å². The molecule has 0 atom stereocenters. The number of ether oxygens (including phenoxy) is 1. The number of hydrogen-bond donors (Lipinski definition) is 1. The number of nitrogens with one attached hydrogen (secondary N) is 1. The van der Waals surface area contributed by atoms with Crippen LogP contribution in [-0.4, -0.2) is 29.0 Å². The van der Waals surface area contributed by atoms with Gasteiger partial charge in [0, 0.05) is 29.4 Å². The van der Waals surface area contributed by atoms with E-state index in [-0.39, 0.29) is 5.43 Å². The van der Waals surface area contributed by atoms with Crippen LogP contribution in [0, 0.1) is 0 Å². The minimum absolute atomic E-state index is 0.0886. The van der Waals surface area contributed by atoms with Gasteiger partial charge in [0.1, 0.15) is 5.01 Å². The first-order chi connectivity index (χ1) is 10.7. The largest absolute Gasteiger partial charge is 0.491 e. The quantitative estimate of drug-likeness (QED) is 0.919. The molecule has 2 aromatic heterocycles. The van der Waals surface area contributed by atoms with Gasteiger partial charge in [-0.05, 0) is 32.7 Å². The Morgan fingerprint density at radius 2 is 2.18 bits per heavy atom. The van der Waals surface area contributed by atoms with E-state index in [0.29, 0.717) is 12.3 Å². The molecule has 0 radical (unpaired) electrons. The maximum absolute atomic E-state index is 11.8. The molecule has 0 unspecified atom stereocenters. The van der Waals surface area contributed by atoms with Gasteiger partial charge in [-0.2, -0.15) is 0 Å². The van der Waals surface area contributed by atoms with Gasteiger partial charge in [0.15, 0.2) is 5.75 Å². The van der Waals surface area contributed by atoms with E-state index in [9.17, 15) is 4.79 Å². The molecule has 1 aliphatic rings. The lowest BCUT2D eigenvalue weighted by atomic mass is 10.0. The van der Waals surface area contributed by atoms with E-state index in [1.807, 2.05) is 18.4 Å². The third kappa shape index (κ3) is 3.39. The molecule has 0 saturated heterocycles. The number of rotatable bonds is 5. The van der Waals surface area contributed by atoms with Crippen molar-refractivity contribution >= 4 is 11.3 Å². The van der Waals surface area contributed by atoms with E-state index in [4.69, 9.17) is 9.72 Å². The molecule has 22 heavy (non-hydrogen) atoms. The molecule has 0 spiro atoms. The molecule has 6 heteroatoms. The monoisotopic (exact) mass is 319 g/mol. The summed E-state index contributed by atoms with van der Waals surface area (Å²) in [7, 11) is 3.55. The Morgan fingerprint density at radius 1 is 1.36 bits per heavy atom. The van der Waals surface area contributed by atoms with Gasteiger partial charge in [-0.25, -0.2) is 4.98 Å². The lowest BCUT2D eigenvalue weighted by Gasteiger charge is -2.15. The van der Waals surface area contributed by atoms with Crippen LogP contribution in [-0.2, 0) is 25.9 Å². The van der Waals surface area contributed by atoms with Crippen molar-refractivity contribution < 1.29 is 4.74 Å². The van der Waals surface area contributed by atoms with Crippen LogP contribution in [0.4, 0.5) is 0 Å². The summed E-state index contributed by atoms with van der Waals surface area (Å²) in [6, 6.07) is 1.60. The molecule has 0 aliphatic heterocycles. The van der Waals surface area contributed by atoms with Crippen LogP contribution in [0.3, 0.4) is 0 Å². The molecule has 1 aliphatic carbocycles. The second-order valence-electron chi connectivity index (χ2n) is 5.75. The average molecular weight is 319 g/mol. The SMILES string of the molecule is COc1c[nH]c(CN(C)Cc2nc3c(s2)CCCC3)cc1=O. The smallest absolute Gasteiger partial charge is 0.223 e.